The van der Waals surface area contributed by atoms with Crippen molar-refractivity contribution < 1.29 is 4.74 Å². The van der Waals surface area contributed by atoms with E-state index in [4.69, 9.17) is 16.3 Å². The van der Waals surface area contributed by atoms with Crippen LogP contribution in [0.15, 0.2) is 36.7 Å². The van der Waals surface area contributed by atoms with Crippen molar-refractivity contribution in [1.82, 2.24) is 19.6 Å². The zero-order valence-corrected chi connectivity index (χ0v) is 11.7. The predicted octanol–water partition coefficient (Wildman–Crippen LogP) is 2.55. The summed E-state index contributed by atoms with van der Waals surface area (Å²) in [5, 5.41) is 4.53. The molecule has 0 radical (unpaired) electrons. The van der Waals surface area contributed by atoms with E-state index >= 15 is 0 Å². The lowest BCUT2D eigenvalue weighted by molar-refractivity contribution is 0.415. The summed E-state index contributed by atoms with van der Waals surface area (Å²) in [5.41, 5.74) is 0.897. The van der Waals surface area contributed by atoms with Crippen LogP contribution in [0.5, 0.6) is 5.75 Å². The topological polar surface area (TPSA) is 55.5 Å². The molecule has 20 heavy (non-hydrogen) atoms. The lowest BCUT2D eigenvalue weighted by Crippen LogP contribution is -2.15. The molecule has 0 aliphatic heterocycles. The largest absolute Gasteiger partial charge is 0.495 e. The quantitative estimate of drug-likeness (QED) is 0.694. The zero-order chi connectivity index (χ0) is 14.1. The fraction of sp³-hybridized carbons (Fsp3) is 0.154. The molecule has 0 aliphatic carbocycles. The molecule has 1 aromatic carbocycles. The maximum absolute atomic E-state index is 6.04. The summed E-state index contributed by atoms with van der Waals surface area (Å²) >= 11 is 6.04. The van der Waals surface area contributed by atoms with Gasteiger partial charge in [0.15, 0.2) is 0 Å². The number of aromatic nitrogens is 4. The Balaban J connectivity index is 2.17. The van der Waals surface area contributed by atoms with Crippen molar-refractivity contribution in [3.8, 4) is 5.75 Å². The molecule has 3 rings (SSSR count). The second-order valence-corrected chi connectivity index (χ2v) is 4.53. The molecular formula is C13H12ClN5O. The minimum atomic E-state index is 0.363. The molecule has 0 atom stereocenters. The van der Waals surface area contributed by atoms with Crippen molar-refractivity contribution >= 4 is 28.9 Å². The minimum Gasteiger partial charge on any atom is -0.495 e. The summed E-state index contributed by atoms with van der Waals surface area (Å²) in [6, 6.07) is 9.44. The van der Waals surface area contributed by atoms with Crippen molar-refractivity contribution in [2.45, 2.75) is 0 Å². The number of fused-ring (bicyclic) bond motifs is 1. The monoisotopic (exact) mass is 289 g/mol. The molecule has 2 aromatic heterocycles. The van der Waals surface area contributed by atoms with E-state index < -0.39 is 0 Å². The standard InChI is InChI=1S/C13H12ClN5O/c1-18(9-5-3-4-6-10(9)20-2)12-7-11(14)17-13-15-8-16-19(12)13/h3-8H,1-2H3. The van der Waals surface area contributed by atoms with E-state index in [0.29, 0.717) is 10.9 Å². The molecule has 3 aromatic rings. The van der Waals surface area contributed by atoms with Gasteiger partial charge in [0.05, 0.1) is 12.8 Å². The number of halogens is 1. The molecular weight excluding hydrogens is 278 g/mol. The highest BCUT2D eigenvalue weighted by molar-refractivity contribution is 6.29. The first-order chi connectivity index (χ1) is 9.70. The molecule has 0 unspecified atom stereocenters. The van der Waals surface area contributed by atoms with Crippen LogP contribution in [-0.2, 0) is 0 Å². The number of nitrogens with zero attached hydrogens (tertiary/aromatic N) is 5. The number of benzene rings is 1. The van der Waals surface area contributed by atoms with Crippen LogP contribution in [0.25, 0.3) is 5.78 Å². The van der Waals surface area contributed by atoms with Gasteiger partial charge >= 0.3 is 0 Å². The predicted molar refractivity (Wildman–Crippen MR) is 76.8 cm³/mol. The van der Waals surface area contributed by atoms with E-state index in [-0.39, 0.29) is 0 Å². The Labute approximate surface area is 120 Å². The highest BCUT2D eigenvalue weighted by Crippen LogP contribution is 2.32. The van der Waals surface area contributed by atoms with Crippen LogP contribution in [0, 0.1) is 0 Å². The van der Waals surface area contributed by atoms with Gasteiger partial charge in [0.2, 0.25) is 0 Å². The number of hydrogen-bond donors (Lipinski definition) is 0. The van der Waals surface area contributed by atoms with Crippen LogP contribution in [0.1, 0.15) is 0 Å². The van der Waals surface area contributed by atoms with Gasteiger partial charge in [0.25, 0.3) is 5.78 Å². The molecule has 6 nitrogen and oxygen atoms in total. The van der Waals surface area contributed by atoms with Crippen molar-refractivity contribution in [1.29, 1.82) is 0 Å². The number of anilines is 2. The van der Waals surface area contributed by atoms with Gasteiger partial charge < -0.3 is 9.64 Å². The van der Waals surface area contributed by atoms with E-state index in [1.807, 2.05) is 36.2 Å². The van der Waals surface area contributed by atoms with Crippen molar-refractivity contribution in [2.24, 2.45) is 0 Å². The van der Waals surface area contributed by atoms with Gasteiger partial charge in [-0.1, -0.05) is 23.7 Å². The van der Waals surface area contributed by atoms with Crippen LogP contribution in [0.2, 0.25) is 5.15 Å². The van der Waals surface area contributed by atoms with E-state index in [1.165, 1.54) is 6.33 Å². The fourth-order valence-electron chi connectivity index (χ4n) is 2.04. The molecule has 7 heteroatoms. The normalized spacial score (nSPS) is 10.8. The second-order valence-electron chi connectivity index (χ2n) is 4.14. The Hall–Kier alpha value is -2.34. The Bertz CT molecular complexity index is 757. The molecule has 0 saturated heterocycles. The van der Waals surface area contributed by atoms with Gasteiger partial charge in [-0.15, -0.1) is 0 Å². The van der Waals surface area contributed by atoms with E-state index in [0.717, 1.165) is 17.3 Å². The van der Waals surface area contributed by atoms with Crippen molar-refractivity contribution in [2.75, 3.05) is 19.1 Å². The summed E-state index contributed by atoms with van der Waals surface area (Å²) in [4.78, 5) is 10.1. The maximum atomic E-state index is 6.04. The maximum Gasteiger partial charge on any atom is 0.255 e. The van der Waals surface area contributed by atoms with Gasteiger partial charge in [-0.2, -0.15) is 19.6 Å². The third-order valence-corrected chi connectivity index (χ3v) is 3.19. The van der Waals surface area contributed by atoms with Gasteiger partial charge in [-0.3, -0.25) is 0 Å². The third kappa shape index (κ3) is 2.04. The highest BCUT2D eigenvalue weighted by Gasteiger charge is 2.15. The lowest BCUT2D eigenvalue weighted by atomic mass is 10.2. The fourth-order valence-corrected chi connectivity index (χ4v) is 2.21. The van der Waals surface area contributed by atoms with Crippen LogP contribution >= 0.6 is 11.6 Å². The number of rotatable bonds is 3. The molecule has 0 saturated carbocycles. The molecule has 0 amide bonds. The second kappa shape index (κ2) is 4.97. The van der Waals surface area contributed by atoms with Crippen LogP contribution in [0.4, 0.5) is 11.5 Å². The van der Waals surface area contributed by atoms with E-state index in [9.17, 15) is 0 Å². The first-order valence-corrected chi connectivity index (χ1v) is 6.31. The number of ether oxygens (including phenoxy) is 1. The van der Waals surface area contributed by atoms with Gasteiger partial charge in [-0.25, -0.2) is 0 Å². The minimum absolute atomic E-state index is 0.363. The summed E-state index contributed by atoms with van der Waals surface area (Å²) in [6.07, 6.45) is 1.44. The molecule has 0 bridgehead atoms. The van der Waals surface area contributed by atoms with E-state index in [1.54, 1.807) is 17.7 Å². The van der Waals surface area contributed by atoms with Crippen molar-refractivity contribution in [3.63, 3.8) is 0 Å². The smallest absolute Gasteiger partial charge is 0.255 e. The molecule has 0 N–H and O–H groups in total. The third-order valence-electron chi connectivity index (χ3n) is 2.99. The van der Waals surface area contributed by atoms with Gasteiger partial charge in [0.1, 0.15) is 23.0 Å². The SMILES string of the molecule is COc1ccccc1N(C)c1cc(Cl)nc2ncnn12. The van der Waals surface area contributed by atoms with Gasteiger partial charge in [-0.05, 0) is 12.1 Å². The number of methoxy groups -OCH3 is 1. The van der Waals surface area contributed by atoms with E-state index in [2.05, 4.69) is 15.1 Å². The summed E-state index contributed by atoms with van der Waals surface area (Å²) in [5.74, 6) is 1.97. The molecule has 0 aliphatic rings. The Morgan fingerprint density at radius 3 is 2.90 bits per heavy atom. The lowest BCUT2D eigenvalue weighted by Gasteiger charge is -2.21. The van der Waals surface area contributed by atoms with Crippen LogP contribution in [-0.4, -0.2) is 33.7 Å². The molecule has 2 heterocycles. The van der Waals surface area contributed by atoms with Crippen LogP contribution in [0.3, 0.4) is 0 Å². The van der Waals surface area contributed by atoms with Gasteiger partial charge in [0, 0.05) is 13.1 Å². The molecule has 102 valence electrons. The summed E-state index contributed by atoms with van der Waals surface area (Å²) in [6.45, 7) is 0. The van der Waals surface area contributed by atoms with Crippen LogP contribution < -0.4 is 9.64 Å². The zero-order valence-electron chi connectivity index (χ0n) is 11.0. The Morgan fingerprint density at radius 2 is 2.10 bits per heavy atom. The number of hydrogen-bond acceptors (Lipinski definition) is 5. The number of para-hydroxylation sites is 2. The Kier molecular flexibility index (Phi) is 3.15. The van der Waals surface area contributed by atoms with Crippen molar-refractivity contribution in [3.05, 3.63) is 41.8 Å². The average molecular weight is 290 g/mol. The first kappa shape index (κ1) is 12.7. The highest BCUT2D eigenvalue weighted by atomic mass is 35.5. The summed E-state index contributed by atoms with van der Waals surface area (Å²) in [7, 11) is 3.54. The molecule has 0 fully saturated rings. The average Bonchev–Trinajstić information content (AvgIpc) is 2.93. The summed E-state index contributed by atoms with van der Waals surface area (Å²) < 4.78 is 7.00. The first-order valence-electron chi connectivity index (χ1n) is 5.93. The Morgan fingerprint density at radius 1 is 1.30 bits per heavy atom. The molecule has 0 spiro atoms.